The van der Waals surface area contributed by atoms with Gasteiger partial charge in [0.05, 0.1) is 0 Å². The molecule has 0 bridgehead atoms. The van der Waals surface area contributed by atoms with E-state index in [9.17, 15) is 5.02 Å². The van der Waals surface area contributed by atoms with Crippen LogP contribution in [0.1, 0.15) is 12.8 Å². The summed E-state index contributed by atoms with van der Waals surface area (Å²) in [5, 5.41) is 18.3. The summed E-state index contributed by atoms with van der Waals surface area (Å²) in [5.74, 6) is 0. The summed E-state index contributed by atoms with van der Waals surface area (Å²) in [4.78, 5) is 2.40. The molecule has 2 aliphatic heterocycles. The predicted octanol–water partition coefficient (Wildman–Crippen LogP) is 4.22. The zero-order valence-electron chi connectivity index (χ0n) is 21.1. The van der Waals surface area contributed by atoms with Gasteiger partial charge in [-0.1, -0.05) is 121 Å². The Hall–Kier alpha value is -2.36. The lowest BCUT2D eigenvalue weighted by molar-refractivity contribution is 0.174. The maximum atomic E-state index is 13.2. The molecule has 0 aromatic heterocycles. The van der Waals surface area contributed by atoms with Crippen molar-refractivity contribution in [3.8, 4) is 0 Å². The Morgan fingerprint density at radius 3 is 1.05 bits per heavy atom. The third-order valence-electron chi connectivity index (χ3n) is 7.47. The second-order valence-corrected chi connectivity index (χ2v) is 14.1. The van der Waals surface area contributed by atoms with Crippen molar-refractivity contribution in [3.05, 3.63) is 121 Å². The second kappa shape index (κ2) is 11.2. The molecule has 0 radical (unpaired) electrons. The monoisotopic (exact) mass is 524 g/mol. The van der Waals surface area contributed by atoms with Crippen LogP contribution in [0.3, 0.4) is 0 Å². The molecule has 2 fully saturated rings. The summed E-state index contributed by atoms with van der Waals surface area (Å²) in [6, 6.07) is 43.3. The maximum absolute atomic E-state index is 13.2. The van der Waals surface area contributed by atoms with Gasteiger partial charge in [-0.15, -0.1) is 0 Å². The van der Waals surface area contributed by atoms with E-state index in [2.05, 4.69) is 135 Å². The summed E-state index contributed by atoms with van der Waals surface area (Å²) >= 11 is 0. The summed E-state index contributed by atoms with van der Waals surface area (Å²) in [7, 11) is -1.82. The SMILES string of the molecule is O[B-]12N(CCCN1P(c1ccccc1)c1ccccc1)CCCN2P(c1ccccc1)c1ccccc1. The fourth-order valence-electron chi connectivity index (χ4n) is 5.89. The first-order valence-corrected chi connectivity index (χ1v) is 15.8. The van der Waals surface area contributed by atoms with Crippen LogP contribution in [0.15, 0.2) is 121 Å². The fraction of sp³-hybridized carbons (Fsp3) is 0.200. The molecule has 37 heavy (non-hydrogen) atoms. The zero-order chi connectivity index (χ0) is 25.1. The van der Waals surface area contributed by atoms with Gasteiger partial charge in [-0.05, 0) is 76.4 Å². The van der Waals surface area contributed by atoms with E-state index >= 15 is 0 Å². The molecule has 4 aromatic carbocycles. The molecule has 0 aliphatic carbocycles. The molecule has 4 aromatic rings. The van der Waals surface area contributed by atoms with Crippen LogP contribution in [0.4, 0.5) is 0 Å². The van der Waals surface area contributed by atoms with Gasteiger partial charge in [0.1, 0.15) is 0 Å². The van der Waals surface area contributed by atoms with Crippen LogP contribution in [0.25, 0.3) is 0 Å². The Bertz CT molecular complexity index is 1110. The van der Waals surface area contributed by atoms with Crippen LogP contribution in [0, 0.1) is 0 Å². The average molecular weight is 524 g/mol. The lowest BCUT2D eigenvalue weighted by atomic mass is 9.73. The molecule has 0 saturated carbocycles. The maximum Gasteiger partial charge on any atom is 0.342 e. The smallest absolute Gasteiger partial charge is 0.342 e. The highest BCUT2D eigenvalue weighted by Gasteiger charge is 2.50. The number of hydrogen-bond acceptors (Lipinski definition) is 4. The van der Waals surface area contributed by atoms with Crippen molar-refractivity contribution < 1.29 is 5.02 Å². The zero-order valence-corrected chi connectivity index (χ0v) is 22.8. The van der Waals surface area contributed by atoms with E-state index in [0.717, 1.165) is 39.0 Å². The third-order valence-corrected chi connectivity index (χ3v) is 12.7. The van der Waals surface area contributed by atoms with E-state index in [4.69, 9.17) is 0 Å². The van der Waals surface area contributed by atoms with Crippen molar-refractivity contribution in [1.82, 2.24) is 14.0 Å². The Morgan fingerprint density at radius 2 is 0.757 bits per heavy atom. The van der Waals surface area contributed by atoms with Gasteiger partial charge in [0, 0.05) is 0 Å². The first kappa shape index (κ1) is 25.0. The highest BCUT2D eigenvalue weighted by molar-refractivity contribution is 7.74. The van der Waals surface area contributed by atoms with E-state index in [-0.39, 0.29) is 0 Å². The molecule has 2 saturated heterocycles. The molecule has 1 N–H and O–H groups in total. The average Bonchev–Trinajstić information content (AvgIpc) is 2.96. The summed E-state index contributed by atoms with van der Waals surface area (Å²) in [6.07, 6.45) is 2.12. The molecule has 188 valence electrons. The Balaban J connectivity index is 1.51. The van der Waals surface area contributed by atoms with Crippen molar-refractivity contribution >= 4 is 44.1 Å². The fourth-order valence-corrected chi connectivity index (χ4v) is 11.4. The normalized spacial score (nSPS) is 18.7. The van der Waals surface area contributed by atoms with Crippen molar-refractivity contribution in [3.63, 3.8) is 0 Å². The van der Waals surface area contributed by atoms with Gasteiger partial charge in [0.2, 0.25) is 0 Å². The van der Waals surface area contributed by atoms with Crippen molar-refractivity contribution in [2.75, 3.05) is 26.2 Å². The van der Waals surface area contributed by atoms with E-state index in [1.54, 1.807) is 0 Å². The van der Waals surface area contributed by atoms with E-state index in [0.29, 0.717) is 0 Å². The van der Waals surface area contributed by atoms with Gasteiger partial charge in [-0.25, -0.2) is 0 Å². The highest BCUT2D eigenvalue weighted by atomic mass is 31.1. The largest absolute Gasteiger partial charge is 0.566 e. The number of rotatable bonds is 6. The number of benzene rings is 4. The number of nitrogens with zero attached hydrogens (tertiary/aromatic N) is 3. The quantitative estimate of drug-likeness (QED) is 0.302. The van der Waals surface area contributed by atoms with Gasteiger partial charge in [0.25, 0.3) is 0 Å². The Kier molecular flexibility index (Phi) is 7.54. The van der Waals surface area contributed by atoms with E-state index < -0.39 is 22.9 Å². The van der Waals surface area contributed by atoms with Crippen LogP contribution in [0.5, 0.6) is 0 Å². The predicted molar refractivity (Wildman–Crippen MR) is 160 cm³/mol. The highest BCUT2D eigenvalue weighted by Crippen LogP contribution is 2.52. The minimum Gasteiger partial charge on any atom is -0.566 e. The molecule has 0 atom stereocenters. The van der Waals surface area contributed by atoms with E-state index in [1.165, 1.54) is 21.2 Å². The molecule has 0 spiro atoms. The summed E-state index contributed by atoms with van der Waals surface area (Å²) in [6.45, 7) is 1.54. The first-order chi connectivity index (χ1) is 18.3. The van der Waals surface area contributed by atoms with Crippen molar-refractivity contribution in [2.45, 2.75) is 12.8 Å². The minimum absolute atomic E-state index is 0.881. The first-order valence-electron chi connectivity index (χ1n) is 13.2. The topological polar surface area (TPSA) is 30.0 Å². The lowest BCUT2D eigenvalue weighted by Crippen LogP contribution is -2.78. The molecule has 0 unspecified atom stereocenters. The van der Waals surface area contributed by atoms with Crippen LogP contribution in [0.2, 0.25) is 0 Å². The molecule has 0 amide bonds. The molecule has 2 aliphatic rings. The Morgan fingerprint density at radius 1 is 0.459 bits per heavy atom. The molecular weight excluding hydrogens is 491 g/mol. The third kappa shape index (κ3) is 4.82. The minimum atomic E-state index is -2.09. The number of hydrogen-bond donors (Lipinski definition) is 1. The summed E-state index contributed by atoms with van der Waals surface area (Å²) in [5.41, 5.74) is 0. The van der Waals surface area contributed by atoms with Gasteiger partial charge >= 0.3 is 6.75 Å². The number of fused-ring (bicyclic) bond motifs is 1. The molecule has 2 heterocycles. The molecule has 7 heteroatoms. The Labute approximate surface area is 223 Å². The molecule has 4 nitrogen and oxygen atoms in total. The van der Waals surface area contributed by atoms with Crippen LogP contribution in [-0.4, -0.2) is 51.9 Å². The van der Waals surface area contributed by atoms with Gasteiger partial charge in [-0.2, -0.15) is 0 Å². The van der Waals surface area contributed by atoms with Crippen LogP contribution in [-0.2, 0) is 0 Å². The standard InChI is InChI=1S/C30H33BN3OP2/c35-31-32(23-13-25-33(31)36(27-15-5-1-6-16-27)28-17-7-2-8-18-28)24-14-26-34(31)37(29-19-9-3-10-20-29)30-21-11-4-12-22-30/h1-12,15-22,35H,13-14,23-26H2/q-1. The summed E-state index contributed by atoms with van der Waals surface area (Å²) < 4.78 is 4.98. The van der Waals surface area contributed by atoms with Crippen LogP contribution < -0.4 is 21.2 Å². The van der Waals surface area contributed by atoms with Crippen molar-refractivity contribution in [1.29, 1.82) is 0 Å². The van der Waals surface area contributed by atoms with Gasteiger partial charge in [0.15, 0.2) is 0 Å². The molecular formula is C30H33BN3OP2-. The molecule has 6 rings (SSSR count). The van der Waals surface area contributed by atoms with Crippen molar-refractivity contribution in [2.24, 2.45) is 0 Å². The van der Waals surface area contributed by atoms with Gasteiger partial charge in [-0.3, -0.25) is 0 Å². The lowest BCUT2D eigenvalue weighted by Gasteiger charge is -2.68. The van der Waals surface area contributed by atoms with Gasteiger partial charge < -0.3 is 19.0 Å². The van der Waals surface area contributed by atoms with E-state index in [1.807, 2.05) is 0 Å². The van der Waals surface area contributed by atoms with Crippen LogP contribution >= 0.6 is 16.1 Å². The second-order valence-electron chi connectivity index (χ2n) is 9.73.